The van der Waals surface area contributed by atoms with Crippen molar-refractivity contribution in [3.63, 3.8) is 0 Å². The molecular weight excluding hydrogens is 216 g/mol. The predicted molar refractivity (Wildman–Crippen MR) is 59.0 cm³/mol. The normalized spacial score (nSPS) is 16.9. The standard InChI is InChI=1S/C10H11ClN2O2/c11-8-2-1-7(5-9(8)12)13-3-4-15-6-10(13)14/h1-2,5H,3-4,6,12H2. The van der Waals surface area contributed by atoms with Gasteiger partial charge in [-0.25, -0.2) is 0 Å². The van der Waals surface area contributed by atoms with Gasteiger partial charge < -0.3 is 15.4 Å². The summed E-state index contributed by atoms with van der Waals surface area (Å²) in [5, 5.41) is 0.499. The van der Waals surface area contributed by atoms with Gasteiger partial charge in [-0.15, -0.1) is 0 Å². The number of carbonyl (C=O) groups excluding carboxylic acids is 1. The van der Waals surface area contributed by atoms with E-state index in [1.54, 1.807) is 23.1 Å². The first-order valence-electron chi connectivity index (χ1n) is 4.61. The lowest BCUT2D eigenvalue weighted by molar-refractivity contribution is -0.125. The minimum absolute atomic E-state index is 0.0528. The molecule has 4 nitrogen and oxygen atoms in total. The number of ether oxygens (including phenoxy) is 1. The fraction of sp³-hybridized carbons (Fsp3) is 0.300. The van der Waals surface area contributed by atoms with Crippen LogP contribution in [0.3, 0.4) is 0 Å². The Morgan fingerprint density at radius 2 is 2.27 bits per heavy atom. The summed E-state index contributed by atoms with van der Waals surface area (Å²) in [6, 6.07) is 5.17. The van der Waals surface area contributed by atoms with Crippen LogP contribution >= 0.6 is 11.6 Å². The maximum Gasteiger partial charge on any atom is 0.253 e. The van der Waals surface area contributed by atoms with Crippen molar-refractivity contribution in [1.29, 1.82) is 0 Å². The number of hydrogen-bond acceptors (Lipinski definition) is 3. The van der Waals surface area contributed by atoms with E-state index in [-0.39, 0.29) is 12.5 Å². The summed E-state index contributed by atoms with van der Waals surface area (Å²) < 4.78 is 5.04. The van der Waals surface area contributed by atoms with Crippen molar-refractivity contribution in [2.45, 2.75) is 0 Å². The average molecular weight is 227 g/mol. The molecule has 1 aliphatic rings. The van der Waals surface area contributed by atoms with Gasteiger partial charge >= 0.3 is 0 Å². The molecule has 0 unspecified atom stereocenters. The lowest BCUT2D eigenvalue weighted by Gasteiger charge is -2.27. The third kappa shape index (κ3) is 2.06. The van der Waals surface area contributed by atoms with E-state index < -0.39 is 0 Å². The van der Waals surface area contributed by atoms with Gasteiger partial charge in [-0.2, -0.15) is 0 Å². The van der Waals surface area contributed by atoms with Crippen LogP contribution < -0.4 is 10.6 Å². The molecule has 0 saturated carbocycles. The van der Waals surface area contributed by atoms with E-state index in [2.05, 4.69) is 0 Å². The van der Waals surface area contributed by atoms with Crippen molar-refractivity contribution in [2.75, 3.05) is 30.4 Å². The third-order valence-electron chi connectivity index (χ3n) is 2.28. The zero-order valence-electron chi connectivity index (χ0n) is 8.07. The molecule has 80 valence electrons. The molecule has 15 heavy (non-hydrogen) atoms. The summed E-state index contributed by atoms with van der Waals surface area (Å²) in [7, 11) is 0. The molecule has 1 saturated heterocycles. The number of nitrogen functional groups attached to an aromatic ring is 1. The molecule has 1 aliphatic heterocycles. The maximum atomic E-state index is 11.5. The van der Waals surface area contributed by atoms with E-state index in [4.69, 9.17) is 22.1 Å². The Kier molecular flexibility index (Phi) is 2.79. The van der Waals surface area contributed by atoms with Crippen LogP contribution in [0.5, 0.6) is 0 Å². The molecule has 1 aromatic carbocycles. The Morgan fingerprint density at radius 1 is 1.47 bits per heavy atom. The zero-order chi connectivity index (χ0) is 10.8. The molecule has 0 atom stereocenters. The Balaban J connectivity index is 2.28. The second-order valence-corrected chi connectivity index (χ2v) is 3.71. The molecule has 2 rings (SSSR count). The molecule has 0 aromatic heterocycles. The molecular formula is C10H11ClN2O2. The van der Waals surface area contributed by atoms with Crippen LogP contribution in [0.1, 0.15) is 0 Å². The molecule has 1 amide bonds. The summed E-state index contributed by atoms with van der Waals surface area (Å²) in [5.41, 5.74) is 6.92. The number of morpholine rings is 1. The van der Waals surface area contributed by atoms with Crippen LogP contribution in [0.4, 0.5) is 11.4 Å². The minimum atomic E-state index is -0.0528. The topological polar surface area (TPSA) is 55.6 Å². The van der Waals surface area contributed by atoms with Crippen LogP contribution in [0.2, 0.25) is 5.02 Å². The Labute approximate surface area is 92.6 Å². The predicted octanol–water partition coefficient (Wildman–Crippen LogP) is 1.29. The van der Waals surface area contributed by atoms with E-state index in [0.717, 1.165) is 5.69 Å². The van der Waals surface area contributed by atoms with Crippen molar-refractivity contribution in [3.8, 4) is 0 Å². The number of nitrogens with zero attached hydrogens (tertiary/aromatic N) is 1. The fourth-order valence-electron chi connectivity index (χ4n) is 1.49. The second kappa shape index (κ2) is 4.08. The number of hydrogen-bond donors (Lipinski definition) is 1. The maximum absolute atomic E-state index is 11.5. The van der Waals surface area contributed by atoms with Crippen LogP contribution in [-0.2, 0) is 9.53 Å². The fourth-order valence-corrected chi connectivity index (χ4v) is 1.61. The summed E-state index contributed by atoms with van der Waals surface area (Å²) >= 11 is 5.80. The van der Waals surface area contributed by atoms with Crippen LogP contribution in [0.25, 0.3) is 0 Å². The molecule has 1 fully saturated rings. The molecule has 1 heterocycles. The van der Waals surface area contributed by atoms with E-state index in [1.807, 2.05) is 0 Å². The van der Waals surface area contributed by atoms with Crippen molar-refractivity contribution in [3.05, 3.63) is 23.2 Å². The Morgan fingerprint density at radius 3 is 2.93 bits per heavy atom. The van der Waals surface area contributed by atoms with E-state index >= 15 is 0 Å². The number of amides is 1. The molecule has 0 bridgehead atoms. The Hall–Kier alpha value is -1.26. The first-order chi connectivity index (χ1) is 7.18. The first-order valence-corrected chi connectivity index (χ1v) is 4.99. The van der Waals surface area contributed by atoms with Crippen LogP contribution in [-0.4, -0.2) is 25.7 Å². The SMILES string of the molecule is Nc1cc(N2CCOCC2=O)ccc1Cl. The number of benzene rings is 1. The van der Waals surface area contributed by atoms with E-state index in [0.29, 0.717) is 23.9 Å². The minimum Gasteiger partial charge on any atom is -0.397 e. The summed E-state index contributed by atoms with van der Waals surface area (Å²) in [5.74, 6) is -0.0528. The highest BCUT2D eigenvalue weighted by Crippen LogP contribution is 2.25. The number of rotatable bonds is 1. The van der Waals surface area contributed by atoms with Crippen molar-refractivity contribution in [2.24, 2.45) is 0 Å². The summed E-state index contributed by atoms with van der Waals surface area (Å²) in [6.45, 7) is 1.23. The largest absolute Gasteiger partial charge is 0.397 e. The van der Waals surface area contributed by atoms with Gasteiger partial charge in [0.15, 0.2) is 0 Å². The number of carbonyl (C=O) groups is 1. The lowest BCUT2D eigenvalue weighted by atomic mass is 10.2. The highest BCUT2D eigenvalue weighted by Gasteiger charge is 2.20. The van der Waals surface area contributed by atoms with Gasteiger partial charge in [-0.05, 0) is 18.2 Å². The quantitative estimate of drug-likeness (QED) is 0.734. The van der Waals surface area contributed by atoms with Gasteiger partial charge in [-0.3, -0.25) is 4.79 Å². The van der Waals surface area contributed by atoms with Gasteiger partial charge in [0.05, 0.1) is 17.3 Å². The Bertz CT molecular complexity index is 395. The molecule has 2 N–H and O–H groups in total. The molecule has 0 aliphatic carbocycles. The molecule has 0 radical (unpaired) electrons. The summed E-state index contributed by atoms with van der Waals surface area (Å²) in [6.07, 6.45) is 0. The van der Waals surface area contributed by atoms with Crippen molar-refractivity contribution < 1.29 is 9.53 Å². The van der Waals surface area contributed by atoms with E-state index in [9.17, 15) is 4.79 Å². The third-order valence-corrected chi connectivity index (χ3v) is 2.62. The van der Waals surface area contributed by atoms with Gasteiger partial charge in [-0.1, -0.05) is 11.6 Å². The van der Waals surface area contributed by atoms with Crippen LogP contribution in [0, 0.1) is 0 Å². The first kappa shape index (κ1) is 10.3. The van der Waals surface area contributed by atoms with E-state index in [1.165, 1.54) is 0 Å². The monoisotopic (exact) mass is 226 g/mol. The van der Waals surface area contributed by atoms with Crippen molar-refractivity contribution in [1.82, 2.24) is 0 Å². The number of anilines is 2. The van der Waals surface area contributed by atoms with Gasteiger partial charge in [0, 0.05) is 12.2 Å². The zero-order valence-corrected chi connectivity index (χ0v) is 8.83. The molecule has 1 aromatic rings. The van der Waals surface area contributed by atoms with Gasteiger partial charge in [0.25, 0.3) is 5.91 Å². The van der Waals surface area contributed by atoms with Gasteiger partial charge in [0.1, 0.15) is 6.61 Å². The second-order valence-electron chi connectivity index (χ2n) is 3.30. The highest BCUT2D eigenvalue weighted by molar-refractivity contribution is 6.33. The average Bonchev–Trinajstić information content (AvgIpc) is 2.23. The number of halogens is 1. The molecule has 5 heteroatoms. The van der Waals surface area contributed by atoms with Crippen LogP contribution in [0.15, 0.2) is 18.2 Å². The van der Waals surface area contributed by atoms with Crippen molar-refractivity contribution >= 4 is 28.9 Å². The lowest BCUT2D eigenvalue weighted by Crippen LogP contribution is -2.41. The van der Waals surface area contributed by atoms with Gasteiger partial charge in [0.2, 0.25) is 0 Å². The molecule has 0 spiro atoms. The summed E-state index contributed by atoms with van der Waals surface area (Å²) in [4.78, 5) is 13.2. The smallest absolute Gasteiger partial charge is 0.253 e. The highest BCUT2D eigenvalue weighted by atomic mass is 35.5. The number of nitrogens with two attached hydrogens (primary N) is 1.